The molecular formula is C32H34N2O5. The van der Waals surface area contributed by atoms with Gasteiger partial charge in [-0.25, -0.2) is 0 Å². The van der Waals surface area contributed by atoms with Gasteiger partial charge in [-0.3, -0.25) is 14.5 Å². The number of morpholine rings is 1. The fourth-order valence-corrected chi connectivity index (χ4v) is 5.16. The molecule has 202 valence electrons. The first kappa shape index (κ1) is 26.7. The number of hydrogen-bond donors (Lipinski definition) is 1. The minimum atomic E-state index is -0.667. The summed E-state index contributed by atoms with van der Waals surface area (Å²) in [6.45, 7) is 8.18. The highest BCUT2D eigenvalue weighted by atomic mass is 16.5. The number of carbonyl (C=O) groups is 2. The zero-order valence-corrected chi connectivity index (χ0v) is 22.4. The van der Waals surface area contributed by atoms with Crippen LogP contribution in [0.4, 0.5) is 0 Å². The Morgan fingerprint density at radius 3 is 2.36 bits per heavy atom. The number of amides is 1. The van der Waals surface area contributed by atoms with Crippen molar-refractivity contribution in [1.82, 2.24) is 9.80 Å². The van der Waals surface area contributed by atoms with Crippen LogP contribution in [-0.4, -0.2) is 66.0 Å². The molecule has 3 aromatic carbocycles. The van der Waals surface area contributed by atoms with Crippen LogP contribution in [0, 0.1) is 13.8 Å². The number of aliphatic hydroxyl groups excluding tert-OH is 1. The molecule has 2 aliphatic heterocycles. The third kappa shape index (κ3) is 5.90. The molecule has 7 heteroatoms. The fourth-order valence-electron chi connectivity index (χ4n) is 5.16. The molecule has 2 heterocycles. The van der Waals surface area contributed by atoms with E-state index in [2.05, 4.69) is 4.90 Å². The number of rotatable bonds is 8. The first-order valence-corrected chi connectivity index (χ1v) is 13.3. The Hall–Kier alpha value is -3.94. The van der Waals surface area contributed by atoms with Gasteiger partial charge in [-0.1, -0.05) is 60.2 Å². The van der Waals surface area contributed by atoms with Crippen molar-refractivity contribution in [3.8, 4) is 5.75 Å². The number of benzene rings is 3. The van der Waals surface area contributed by atoms with Gasteiger partial charge in [0.05, 0.1) is 24.8 Å². The van der Waals surface area contributed by atoms with Crippen LogP contribution in [0.2, 0.25) is 0 Å². The van der Waals surface area contributed by atoms with E-state index >= 15 is 0 Å². The van der Waals surface area contributed by atoms with Crippen LogP contribution in [-0.2, 0) is 20.9 Å². The summed E-state index contributed by atoms with van der Waals surface area (Å²) in [6, 6.07) is 22.4. The summed E-state index contributed by atoms with van der Waals surface area (Å²) < 4.78 is 11.4. The topological polar surface area (TPSA) is 79.3 Å². The summed E-state index contributed by atoms with van der Waals surface area (Å²) in [4.78, 5) is 30.5. The number of likely N-dealkylation sites (tertiary alicyclic amines) is 1. The highest BCUT2D eigenvalue weighted by Gasteiger charge is 2.46. The Bertz CT molecular complexity index is 1360. The quantitative estimate of drug-likeness (QED) is 0.262. The molecule has 0 bridgehead atoms. The van der Waals surface area contributed by atoms with Gasteiger partial charge in [0.1, 0.15) is 18.1 Å². The summed E-state index contributed by atoms with van der Waals surface area (Å²) in [5.41, 5.74) is 4.30. The van der Waals surface area contributed by atoms with Gasteiger partial charge in [0.15, 0.2) is 0 Å². The number of hydrogen-bond acceptors (Lipinski definition) is 6. The lowest BCUT2D eigenvalue weighted by molar-refractivity contribution is -0.140. The molecule has 0 aliphatic carbocycles. The lowest BCUT2D eigenvalue weighted by Crippen LogP contribution is -2.42. The van der Waals surface area contributed by atoms with Crippen LogP contribution < -0.4 is 4.74 Å². The molecule has 0 unspecified atom stereocenters. The van der Waals surface area contributed by atoms with E-state index in [0.29, 0.717) is 44.2 Å². The molecule has 0 aromatic heterocycles. The van der Waals surface area contributed by atoms with Crippen molar-refractivity contribution in [1.29, 1.82) is 0 Å². The van der Waals surface area contributed by atoms with E-state index in [9.17, 15) is 14.7 Å². The van der Waals surface area contributed by atoms with E-state index in [1.54, 1.807) is 17.0 Å². The standard InChI is InChI=1S/C32H34N2O5/c1-22-8-10-25(11-9-22)29-28(31(36)32(37)34(29)15-14-33-16-18-38-19-17-33)30(35)27-13-12-26(20-23(27)2)39-21-24-6-4-3-5-7-24/h3-13,20,29,35H,14-19,21H2,1-2H3/t29-/m1/s1. The van der Waals surface area contributed by atoms with Crippen LogP contribution in [0.25, 0.3) is 5.76 Å². The van der Waals surface area contributed by atoms with E-state index in [0.717, 1.165) is 35.3 Å². The second kappa shape index (κ2) is 11.8. The molecule has 39 heavy (non-hydrogen) atoms. The number of aliphatic hydroxyl groups is 1. The molecule has 0 radical (unpaired) electrons. The molecule has 0 spiro atoms. The first-order chi connectivity index (χ1) is 18.9. The zero-order valence-electron chi connectivity index (χ0n) is 22.4. The van der Waals surface area contributed by atoms with Gasteiger partial charge in [-0.2, -0.15) is 0 Å². The van der Waals surface area contributed by atoms with Crippen molar-refractivity contribution in [3.63, 3.8) is 0 Å². The Labute approximate surface area is 229 Å². The molecule has 2 fully saturated rings. The molecule has 2 aliphatic rings. The molecule has 2 saturated heterocycles. The van der Waals surface area contributed by atoms with Gasteiger partial charge < -0.3 is 19.5 Å². The highest BCUT2D eigenvalue weighted by molar-refractivity contribution is 6.46. The summed E-state index contributed by atoms with van der Waals surface area (Å²) in [7, 11) is 0. The van der Waals surface area contributed by atoms with E-state index < -0.39 is 17.7 Å². The normalized spacial score (nSPS) is 19.4. The number of ether oxygens (including phenoxy) is 2. The van der Waals surface area contributed by atoms with Gasteiger partial charge in [0.25, 0.3) is 11.7 Å². The Kier molecular flexibility index (Phi) is 8.10. The molecule has 1 atom stereocenters. The average Bonchev–Trinajstić information content (AvgIpc) is 3.21. The Balaban J connectivity index is 1.45. The molecule has 1 amide bonds. The van der Waals surface area contributed by atoms with Crippen molar-refractivity contribution >= 4 is 17.4 Å². The molecule has 0 saturated carbocycles. The average molecular weight is 527 g/mol. The van der Waals surface area contributed by atoms with Crippen molar-refractivity contribution in [2.45, 2.75) is 26.5 Å². The number of aryl methyl sites for hydroxylation is 2. The van der Waals surface area contributed by atoms with E-state index in [1.807, 2.05) is 74.5 Å². The molecule has 1 N–H and O–H groups in total. The van der Waals surface area contributed by atoms with Gasteiger partial charge in [-0.15, -0.1) is 0 Å². The SMILES string of the molecule is Cc1ccc([C@@H]2C(=C(O)c3ccc(OCc4ccccc4)cc3C)C(=O)C(=O)N2CCN2CCOCC2)cc1. The van der Waals surface area contributed by atoms with Crippen LogP contribution in [0.5, 0.6) is 5.75 Å². The van der Waals surface area contributed by atoms with Crippen molar-refractivity contribution in [3.05, 3.63) is 106 Å². The highest BCUT2D eigenvalue weighted by Crippen LogP contribution is 2.40. The smallest absolute Gasteiger partial charge is 0.295 e. The van der Waals surface area contributed by atoms with E-state index in [4.69, 9.17) is 9.47 Å². The van der Waals surface area contributed by atoms with Crippen LogP contribution >= 0.6 is 0 Å². The van der Waals surface area contributed by atoms with Gasteiger partial charge in [0.2, 0.25) is 0 Å². The monoisotopic (exact) mass is 526 g/mol. The summed E-state index contributed by atoms with van der Waals surface area (Å²) in [6.07, 6.45) is 0. The zero-order chi connectivity index (χ0) is 27.4. The maximum absolute atomic E-state index is 13.4. The summed E-state index contributed by atoms with van der Waals surface area (Å²) in [5.74, 6) is -0.756. The van der Waals surface area contributed by atoms with E-state index in [-0.39, 0.29) is 11.3 Å². The second-order valence-electron chi connectivity index (χ2n) is 10.1. The summed E-state index contributed by atoms with van der Waals surface area (Å²) >= 11 is 0. The van der Waals surface area contributed by atoms with Crippen LogP contribution in [0.3, 0.4) is 0 Å². The fraction of sp³-hybridized carbons (Fsp3) is 0.312. The lowest BCUT2D eigenvalue weighted by Gasteiger charge is -2.31. The molecular weight excluding hydrogens is 492 g/mol. The molecule has 3 aromatic rings. The number of Topliss-reactive ketones (excluding diaryl/α,β-unsaturated/α-hetero) is 1. The largest absolute Gasteiger partial charge is 0.507 e. The van der Waals surface area contributed by atoms with Gasteiger partial charge in [-0.05, 0) is 48.7 Å². The van der Waals surface area contributed by atoms with Gasteiger partial charge in [0, 0.05) is 31.7 Å². The minimum Gasteiger partial charge on any atom is -0.507 e. The third-order valence-electron chi connectivity index (χ3n) is 7.40. The Morgan fingerprint density at radius 1 is 0.949 bits per heavy atom. The van der Waals surface area contributed by atoms with Crippen LogP contribution in [0.1, 0.15) is 33.9 Å². The first-order valence-electron chi connectivity index (χ1n) is 13.3. The maximum atomic E-state index is 13.4. The maximum Gasteiger partial charge on any atom is 0.295 e. The lowest BCUT2D eigenvalue weighted by atomic mass is 9.93. The van der Waals surface area contributed by atoms with Crippen molar-refractivity contribution in [2.24, 2.45) is 0 Å². The number of carbonyl (C=O) groups excluding carboxylic acids is 2. The van der Waals surface area contributed by atoms with Crippen LogP contribution in [0.15, 0.2) is 78.4 Å². The van der Waals surface area contributed by atoms with Gasteiger partial charge >= 0.3 is 0 Å². The predicted octanol–water partition coefficient (Wildman–Crippen LogP) is 4.64. The minimum absolute atomic E-state index is 0.117. The molecule has 7 nitrogen and oxygen atoms in total. The number of ketones is 1. The number of nitrogens with zero attached hydrogens (tertiary/aromatic N) is 2. The van der Waals surface area contributed by atoms with Crippen molar-refractivity contribution < 1.29 is 24.2 Å². The third-order valence-corrected chi connectivity index (χ3v) is 7.40. The van der Waals surface area contributed by atoms with E-state index in [1.165, 1.54) is 0 Å². The van der Waals surface area contributed by atoms with Crippen molar-refractivity contribution in [2.75, 3.05) is 39.4 Å². The Morgan fingerprint density at radius 2 is 1.67 bits per heavy atom. The summed E-state index contributed by atoms with van der Waals surface area (Å²) in [5, 5.41) is 11.5. The predicted molar refractivity (Wildman–Crippen MR) is 149 cm³/mol. The second-order valence-corrected chi connectivity index (χ2v) is 10.1. The molecule has 5 rings (SSSR count).